The minimum absolute atomic E-state index is 0.243. The third-order valence-electron chi connectivity index (χ3n) is 1.91. The van der Waals surface area contributed by atoms with Gasteiger partial charge in [0.15, 0.2) is 0 Å². The molecule has 6 heteroatoms. The van der Waals surface area contributed by atoms with E-state index in [1.165, 1.54) is 0 Å². The molecule has 0 atom stereocenters. The van der Waals surface area contributed by atoms with E-state index in [4.69, 9.17) is 8.85 Å². The van der Waals surface area contributed by atoms with Crippen LogP contribution in [-0.2, 0) is 8.85 Å². The number of halogens is 3. The summed E-state index contributed by atoms with van der Waals surface area (Å²) < 4.78 is 48.5. The zero-order valence-electron chi connectivity index (χ0n) is 10.5. The van der Waals surface area contributed by atoms with Crippen LogP contribution in [-0.4, -0.2) is 26.9 Å². The van der Waals surface area contributed by atoms with Crippen LogP contribution >= 0.6 is 0 Å². The second-order valence-electron chi connectivity index (χ2n) is 4.39. The maximum Gasteiger partial charge on any atom is 0.391 e. The van der Waals surface area contributed by atoms with Crippen molar-refractivity contribution in [2.24, 2.45) is 0 Å². The first kappa shape index (κ1) is 15.9. The zero-order valence-corrected chi connectivity index (χ0v) is 11.5. The van der Waals surface area contributed by atoms with Crippen LogP contribution in [0.3, 0.4) is 0 Å². The average Bonchev–Trinajstić information content (AvgIpc) is 1.97. The van der Waals surface area contributed by atoms with Crippen molar-refractivity contribution in [3.63, 3.8) is 0 Å². The molecule has 0 aromatic heterocycles. The summed E-state index contributed by atoms with van der Waals surface area (Å²) in [5.41, 5.74) is 0. The topological polar surface area (TPSA) is 18.5 Å². The van der Waals surface area contributed by atoms with Gasteiger partial charge in [-0.15, -0.1) is 0 Å². The fourth-order valence-electron chi connectivity index (χ4n) is 1.57. The zero-order chi connectivity index (χ0) is 13.0. The predicted molar refractivity (Wildman–Crippen MR) is 59.5 cm³/mol. The molecule has 0 N–H and O–H groups in total. The van der Waals surface area contributed by atoms with Gasteiger partial charge in [-0.3, -0.25) is 0 Å². The van der Waals surface area contributed by atoms with E-state index in [1.54, 1.807) is 34.6 Å². The highest BCUT2D eigenvalue weighted by Gasteiger charge is 2.48. The summed E-state index contributed by atoms with van der Waals surface area (Å²) in [6, 6.07) is -0.629. The predicted octanol–water partition coefficient (Wildman–Crippen LogP) is 3.86. The number of hydrogen-bond donors (Lipinski definition) is 0. The van der Waals surface area contributed by atoms with Gasteiger partial charge in [0, 0.05) is 12.2 Å². The van der Waals surface area contributed by atoms with Crippen LogP contribution in [0.2, 0.25) is 12.1 Å². The van der Waals surface area contributed by atoms with Crippen molar-refractivity contribution >= 4 is 8.56 Å². The van der Waals surface area contributed by atoms with Crippen molar-refractivity contribution in [2.45, 2.75) is 65.1 Å². The highest BCUT2D eigenvalue weighted by Crippen LogP contribution is 2.33. The molecular formula is C10H21F3O2Si. The second-order valence-corrected chi connectivity index (χ2v) is 7.74. The molecule has 0 heterocycles. The minimum Gasteiger partial charge on any atom is -0.392 e. The first-order valence-corrected chi connectivity index (χ1v) is 7.75. The molecule has 0 bridgehead atoms. The van der Waals surface area contributed by atoms with Gasteiger partial charge in [-0.05, 0) is 33.7 Å². The molecule has 0 aromatic rings. The Balaban J connectivity index is 4.80. The van der Waals surface area contributed by atoms with E-state index in [-0.39, 0.29) is 12.2 Å². The van der Waals surface area contributed by atoms with Gasteiger partial charge in [0.1, 0.15) is 0 Å². The molecule has 0 amide bonds. The molecule has 0 fully saturated rings. The first-order valence-electron chi connectivity index (χ1n) is 5.52. The van der Waals surface area contributed by atoms with Gasteiger partial charge >= 0.3 is 14.7 Å². The fourth-order valence-corrected chi connectivity index (χ4v) is 4.70. The van der Waals surface area contributed by atoms with Gasteiger partial charge in [0.25, 0.3) is 0 Å². The van der Waals surface area contributed by atoms with Gasteiger partial charge in [-0.2, -0.15) is 13.2 Å². The quantitative estimate of drug-likeness (QED) is 0.673. The van der Waals surface area contributed by atoms with Gasteiger partial charge < -0.3 is 8.85 Å². The monoisotopic (exact) mass is 258 g/mol. The maximum absolute atomic E-state index is 12.5. The normalized spacial score (nSPS) is 13.9. The highest BCUT2D eigenvalue weighted by atomic mass is 28.4. The van der Waals surface area contributed by atoms with Crippen LogP contribution in [0.1, 0.15) is 34.6 Å². The van der Waals surface area contributed by atoms with Crippen LogP contribution in [0, 0.1) is 0 Å². The van der Waals surface area contributed by atoms with E-state index >= 15 is 0 Å². The largest absolute Gasteiger partial charge is 0.392 e. The summed E-state index contributed by atoms with van der Waals surface area (Å²) >= 11 is 0. The lowest BCUT2D eigenvalue weighted by Crippen LogP contribution is -2.48. The molecule has 2 nitrogen and oxygen atoms in total. The average molecular weight is 258 g/mol. The molecule has 0 spiro atoms. The van der Waals surface area contributed by atoms with Gasteiger partial charge in [-0.1, -0.05) is 6.92 Å². The highest BCUT2D eigenvalue weighted by molar-refractivity contribution is 6.67. The van der Waals surface area contributed by atoms with Gasteiger partial charge in [0.2, 0.25) is 0 Å². The van der Waals surface area contributed by atoms with Crippen molar-refractivity contribution in [3.8, 4) is 0 Å². The van der Waals surface area contributed by atoms with Crippen LogP contribution in [0.5, 0.6) is 0 Å². The van der Waals surface area contributed by atoms with Crippen LogP contribution in [0.4, 0.5) is 13.2 Å². The second kappa shape index (κ2) is 6.02. The molecule has 0 aliphatic rings. The Labute approximate surface area is 96.4 Å². The van der Waals surface area contributed by atoms with Crippen molar-refractivity contribution in [1.82, 2.24) is 0 Å². The number of hydrogen-bond acceptors (Lipinski definition) is 2. The molecule has 0 saturated heterocycles. The van der Waals surface area contributed by atoms with E-state index in [9.17, 15) is 13.2 Å². The van der Waals surface area contributed by atoms with E-state index in [0.29, 0.717) is 6.04 Å². The van der Waals surface area contributed by atoms with E-state index in [2.05, 4.69) is 0 Å². The minimum atomic E-state index is -4.23. The van der Waals surface area contributed by atoms with Crippen molar-refractivity contribution in [1.29, 1.82) is 0 Å². The Kier molecular flexibility index (Phi) is 5.99. The smallest absolute Gasteiger partial charge is 0.391 e. The summed E-state index contributed by atoms with van der Waals surface area (Å²) in [7, 11) is -3.16. The summed E-state index contributed by atoms with van der Waals surface area (Å²) in [4.78, 5) is 0. The third kappa shape index (κ3) is 6.50. The summed E-state index contributed by atoms with van der Waals surface area (Å²) in [5.74, 6) is 0. The Morgan fingerprint density at radius 1 is 1.00 bits per heavy atom. The van der Waals surface area contributed by atoms with Crippen LogP contribution in [0.15, 0.2) is 0 Å². The lowest BCUT2D eigenvalue weighted by molar-refractivity contribution is -0.118. The van der Waals surface area contributed by atoms with Gasteiger partial charge in [0.05, 0.1) is 6.04 Å². The molecule has 0 rings (SSSR count). The Morgan fingerprint density at radius 3 is 1.56 bits per heavy atom. The molecule has 0 aliphatic heterocycles. The van der Waals surface area contributed by atoms with Crippen LogP contribution in [0.25, 0.3) is 0 Å². The summed E-state index contributed by atoms with van der Waals surface area (Å²) in [6.45, 7) is 8.63. The lowest BCUT2D eigenvalue weighted by Gasteiger charge is -2.34. The fraction of sp³-hybridized carbons (Fsp3) is 1.00. The van der Waals surface area contributed by atoms with Crippen LogP contribution < -0.4 is 0 Å². The Morgan fingerprint density at radius 2 is 1.38 bits per heavy atom. The molecule has 0 radical (unpaired) electrons. The van der Waals surface area contributed by atoms with E-state index < -0.39 is 20.8 Å². The lowest BCUT2D eigenvalue weighted by atomic mass is 10.5. The molecule has 0 unspecified atom stereocenters. The van der Waals surface area contributed by atoms with Crippen molar-refractivity contribution in [3.05, 3.63) is 0 Å². The van der Waals surface area contributed by atoms with E-state index in [0.717, 1.165) is 0 Å². The van der Waals surface area contributed by atoms with Gasteiger partial charge in [-0.25, -0.2) is 0 Å². The molecular weight excluding hydrogens is 237 g/mol. The number of alkyl halides is 3. The van der Waals surface area contributed by atoms with E-state index in [1.807, 2.05) is 0 Å². The summed E-state index contributed by atoms with van der Waals surface area (Å²) in [6.07, 6.45) is -4.72. The first-order chi connectivity index (χ1) is 7.10. The molecule has 0 aliphatic carbocycles. The maximum atomic E-state index is 12.5. The standard InChI is InChI=1S/C10H21F3O2Si/c1-6-16(14-8(2)3,15-9(4)5)7-10(11,12)13/h8-9H,6-7H2,1-5H3. The molecule has 0 aromatic carbocycles. The Bertz CT molecular complexity index is 195. The van der Waals surface area contributed by atoms with Crippen molar-refractivity contribution in [2.75, 3.05) is 0 Å². The van der Waals surface area contributed by atoms with Crippen molar-refractivity contribution < 1.29 is 22.0 Å². The SMILES string of the molecule is CC[Si](CC(F)(F)F)(OC(C)C)OC(C)C. The Hall–Kier alpha value is -0.0731. The molecule has 98 valence electrons. The molecule has 0 saturated carbocycles. The summed E-state index contributed by atoms with van der Waals surface area (Å²) in [5, 5.41) is 0. The molecule has 16 heavy (non-hydrogen) atoms. The number of rotatable bonds is 6. The third-order valence-corrected chi connectivity index (χ3v) is 5.73.